The fraction of sp³-hybridized carbons (Fsp3) is 0.111. The highest BCUT2D eigenvalue weighted by atomic mass is 79.9. The van der Waals surface area contributed by atoms with E-state index in [0.717, 1.165) is 5.39 Å². The number of hydrogen-bond acceptors (Lipinski definition) is 7. The average molecular weight is 562 g/mol. The van der Waals surface area contributed by atoms with E-state index >= 15 is 0 Å². The van der Waals surface area contributed by atoms with Gasteiger partial charge in [0.25, 0.3) is 5.56 Å². The lowest BCUT2D eigenvalue weighted by atomic mass is 10.2. The van der Waals surface area contributed by atoms with Crippen molar-refractivity contribution in [3.63, 3.8) is 0 Å². The molecule has 5 aromatic rings. The normalized spacial score (nSPS) is 12.3. The molecule has 0 saturated carbocycles. The molecule has 0 fully saturated rings. The van der Waals surface area contributed by atoms with Gasteiger partial charge < -0.3 is 19.0 Å². The molecule has 37 heavy (non-hydrogen) atoms. The largest absolute Gasteiger partial charge is 0.496 e. The van der Waals surface area contributed by atoms with Gasteiger partial charge in [0.15, 0.2) is 11.9 Å². The lowest BCUT2D eigenvalue weighted by Crippen LogP contribution is -2.23. The van der Waals surface area contributed by atoms with Gasteiger partial charge in [-0.05, 0) is 76.9 Å². The van der Waals surface area contributed by atoms with Crippen LogP contribution < -0.4 is 15.0 Å². The van der Waals surface area contributed by atoms with Gasteiger partial charge in [-0.2, -0.15) is 9.78 Å². The number of methoxy groups -OCH3 is 1. The fourth-order valence-corrected chi connectivity index (χ4v) is 4.26. The Hall–Kier alpha value is -4.44. The molecule has 186 valence electrons. The van der Waals surface area contributed by atoms with Crippen LogP contribution in [0, 0.1) is 0 Å². The minimum absolute atomic E-state index is 0.229. The van der Waals surface area contributed by atoms with Gasteiger partial charge in [-0.1, -0.05) is 18.2 Å². The summed E-state index contributed by atoms with van der Waals surface area (Å²) in [5.74, 6) is 0.514. The molecule has 0 amide bonds. The lowest BCUT2D eigenvalue weighted by Gasteiger charge is -2.12. The molecule has 0 radical (unpaired) electrons. The number of fused-ring (bicyclic) bond motifs is 2. The average Bonchev–Trinajstić information content (AvgIpc) is 3.34. The Morgan fingerprint density at radius 3 is 2.68 bits per heavy atom. The minimum Gasteiger partial charge on any atom is -0.496 e. The van der Waals surface area contributed by atoms with E-state index in [1.807, 2.05) is 12.1 Å². The van der Waals surface area contributed by atoms with Crippen LogP contribution >= 0.6 is 15.9 Å². The third-order valence-electron chi connectivity index (χ3n) is 5.65. The smallest absolute Gasteiger partial charge is 0.344 e. The zero-order chi connectivity index (χ0) is 26.1. The molecule has 0 aliphatic rings. The molecule has 5 rings (SSSR count). The Bertz CT molecular complexity index is 1740. The predicted octanol–water partition coefficient (Wildman–Crippen LogP) is 5.31. The number of para-hydroxylation sites is 1. The highest BCUT2D eigenvalue weighted by molar-refractivity contribution is 9.10. The van der Waals surface area contributed by atoms with Crippen LogP contribution in [0.5, 0.6) is 11.5 Å². The minimum atomic E-state index is -1.07. The summed E-state index contributed by atoms with van der Waals surface area (Å²) in [4.78, 5) is 29.2. The maximum Gasteiger partial charge on any atom is 0.344 e. The number of aromatic nitrogens is 2. The summed E-state index contributed by atoms with van der Waals surface area (Å²) in [6.45, 7) is 1.44. The van der Waals surface area contributed by atoms with Gasteiger partial charge in [0, 0.05) is 0 Å². The van der Waals surface area contributed by atoms with Gasteiger partial charge in [-0.15, -0.1) is 0 Å². The predicted molar refractivity (Wildman–Crippen MR) is 143 cm³/mol. The molecule has 1 atom stereocenters. The molecule has 0 saturated heterocycles. The van der Waals surface area contributed by atoms with Crippen molar-refractivity contribution in [2.24, 2.45) is 5.10 Å². The van der Waals surface area contributed by atoms with Crippen molar-refractivity contribution in [3.8, 4) is 23.1 Å². The summed E-state index contributed by atoms with van der Waals surface area (Å²) in [5.41, 5.74) is 1.37. The molecule has 9 nitrogen and oxygen atoms in total. The summed E-state index contributed by atoms with van der Waals surface area (Å²) in [7, 11) is 1.58. The van der Waals surface area contributed by atoms with E-state index in [1.165, 1.54) is 17.8 Å². The van der Waals surface area contributed by atoms with Crippen LogP contribution in [0.2, 0.25) is 0 Å². The van der Waals surface area contributed by atoms with Crippen molar-refractivity contribution in [2.75, 3.05) is 7.11 Å². The number of hydrogen-bond donors (Lipinski definition) is 1. The Labute approximate surface area is 218 Å². The number of furan rings is 1. The summed E-state index contributed by atoms with van der Waals surface area (Å²) in [6.07, 6.45) is 0.489. The van der Waals surface area contributed by atoms with Crippen molar-refractivity contribution in [1.29, 1.82) is 0 Å². The molecule has 0 unspecified atom stereocenters. The van der Waals surface area contributed by atoms with Crippen LogP contribution in [-0.2, 0) is 4.79 Å². The molecule has 0 aliphatic heterocycles. The number of benzene rings is 3. The first-order chi connectivity index (χ1) is 17.9. The van der Waals surface area contributed by atoms with Crippen LogP contribution in [0.4, 0.5) is 0 Å². The van der Waals surface area contributed by atoms with E-state index in [0.29, 0.717) is 43.8 Å². The first kappa shape index (κ1) is 24.3. The highest BCUT2D eigenvalue weighted by Crippen LogP contribution is 2.33. The molecular formula is C27H20BrN3O6. The van der Waals surface area contributed by atoms with E-state index in [-0.39, 0.29) is 11.4 Å². The number of nitrogens with zero attached hydrogens (tertiary/aromatic N) is 3. The van der Waals surface area contributed by atoms with E-state index in [9.17, 15) is 9.59 Å². The molecule has 10 heteroatoms. The molecule has 0 bridgehead atoms. The molecular weight excluding hydrogens is 542 g/mol. The van der Waals surface area contributed by atoms with Crippen LogP contribution in [-0.4, -0.2) is 40.2 Å². The third-order valence-corrected chi connectivity index (χ3v) is 6.26. The second-order valence-corrected chi connectivity index (χ2v) is 8.94. The van der Waals surface area contributed by atoms with E-state index in [1.54, 1.807) is 61.7 Å². The summed E-state index contributed by atoms with van der Waals surface area (Å²) in [5, 5.41) is 14.7. The third kappa shape index (κ3) is 4.70. The maximum absolute atomic E-state index is 13.4. The van der Waals surface area contributed by atoms with Gasteiger partial charge in [0.2, 0.25) is 5.82 Å². The van der Waals surface area contributed by atoms with Crippen molar-refractivity contribution in [2.45, 2.75) is 13.0 Å². The molecule has 2 heterocycles. The van der Waals surface area contributed by atoms with Gasteiger partial charge in [-0.3, -0.25) is 4.79 Å². The zero-order valence-corrected chi connectivity index (χ0v) is 21.3. The molecule has 1 N–H and O–H groups in total. The Balaban J connectivity index is 1.60. The number of halogens is 1. The zero-order valence-electron chi connectivity index (χ0n) is 19.7. The van der Waals surface area contributed by atoms with Crippen LogP contribution in [0.1, 0.15) is 12.5 Å². The number of carboxylic acid groups (broad SMARTS) is 1. The number of rotatable bonds is 7. The fourth-order valence-electron chi connectivity index (χ4n) is 3.77. The molecule has 2 aromatic heterocycles. The van der Waals surface area contributed by atoms with E-state index in [2.05, 4.69) is 26.0 Å². The number of aliphatic carboxylic acids is 1. The number of carboxylic acids is 1. The Kier molecular flexibility index (Phi) is 6.49. The quantitative estimate of drug-likeness (QED) is 0.267. The standard InChI is InChI=1S/C27H20BrN3O6/c1-15(27(33)34)36-23-11-10-16(12-19(23)28)14-29-31-25(30-20-7-4-3-6-17(20)26(31)32)24-13-18-21(35-2)8-5-9-22(18)37-24/h3-15H,1-2H3,(H,33,34)/t15-/m1/s1. The number of carbonyl (C=O) groups is 1. The second-order valence-electron chi connectivity index (χ2n) is 8.08. The molecule has 0 aliphatic carbocycles. The van der Waals surface area contributed by atoms with Gasteiger partial charge in [-0.25, -0.2) is 9.78 Å². The Morgan fingerprint density at radius 1 is 1.11 bits per heavy atom. The van der Waals surface area contributed by atoms with Crippen LogP contribution in [0.15, 0.2) is 85.5 Å². The SMILES string of the molecule is COc1cccc2oc(-c3nc4ccccc4c(=O)n3N=Cc3ccc(O[C@H](C)C(=O)O)c(Br)c3)cc12. The lowest BCUT2D eigenvalue weighted by molar-refractivity contribution is -0.144. The first-order valence-electron chi connectivity index (χ1n) is 11.2. The van der Waals surface area contributed by atoms with Gasteiger partial charge in [0.05, 0.1) is 34.1 Å². The maximum atomic E-state index is 13.4. The van der Waals surface area contributed by atoms with Crippen molar-refractivity contribution < 1.29 is 23.8 Å². The van der Waals surface area contributed by atoms with E-state index in [4.69, 9.17) is 19.0 Å². The van der Waals surface area contributed by atoms with Gasteiger partial charge in [0.1, 0.15) is 17.1 Å². The summed E-state index contributed by atoms with van der Waals surface area (Å²) in [6, 6.07) is 19.3. The van der Waals surface area contributed by atoms with Crippen LogP contribution in [0.3, 0.4) is 0 Å². The Morgan fingerprint density at radius 2 is 1.92 bits per heavy atom. The molecule has 3 aromatic carbocycles. The van der Waals surface area contributed by atoms with E-state index < -0.39 is 12.1 Å². The van der Waals surface area contributed by atoms with Crippen molar-refractivity contribution in [3.05, 3.63) is 87.1 Å². The monoisotopic (exact) mass is 561 g/mol. The molecule has 0 spiro atoms. The summed E-state index contributed by atoms with van der Waals surface area (Å²) >= 11 is 3.40. The number of ether oxygens (including phenoxy) is 2. The summed E-state index contributed by atoms with van der Waals surface area (Å²) < 4.78 is 18.6. The topological polar surface area (TPSA) is 116 Å². The van der Waals surface area contributed by atoms with Crippen LogP contribution in [0.25, 0.3) is 33.5 Å². The van der Waals surface area contributed by atoms with Gasteiger partial charge >= 0.3 is 5.97 Å². The van der Waals surface area contributed by atoms with Crippen molar-refractivity contribution in [1.82, 2.24) is 9.66 Å². The van der Waals surface area contributed by atoms with Crippen molar-refractivity contribution >= 4 is 50.0 Å². The highest BCUT2D eigenvalue weighted by Gasteiger charge is 2.18. The first-order valence-corrected chi connectivity index (χ1v) is 12.0. The second kappa shape index (κ2) is 9.90.